The van der Waals surface area contributed by atoms with Crippen molar-refractivity contribution in [2.24, 2.45) is 0 Å². The fraction of sp³-hybridized carbons (Fsp3) is 0.467. The van der Waals surface area contributed by atoms with E-state index in [0.717, 1.165) is 0 Å². The molecule has 0 fully saturated rings. The van der Waals surface area contributed by atoms with E-state index in [9.17, 15) is 0 Å². The van der Waals surface area contributed by atoms with Crippen LogP contribution >= 0.6 is 11.3 Å². The summed E-state index contributed by atoms with van der Waals surface area (Å²) in [6.07, 6.45) is 3.84. The Morgan fingerprint density at radius 3 is 2.69 bits per heavy atom. The third kappa shape index (κ3) is 2.46. The van der Waals surface area contributed by atoms with E-state index in [2.05, 4.69) is 45.0 Å². The minimum atomic E-state index is 0.628. The molecule has 0 aliphatic carbocycles. The molecule has 86 valence electrons. The van der Waals surface area contributed by atoms with Crippen LogP contribution in [0.5, 0.6) is 0 Å². The summed E-state index contributed by atoms with van der Waals surface area (Å²) in [5, 5.41) is 1.43. The molecule has 0 saturated heterocycles. The maximum Gasteiger partial charge on any atom is 0.0345 e. The lowest BCUT2D eigenvalue weighted by molar-refractivity contribution is 0.804. The summed E-state index contributed by atoms with van der Waals surface area (Å²) < 4.78 is 1.44. The first-order chi connectivity index (χ1) is 7.70. The van der Waals surface area contributed by atoms with Crippen molar-refractivity contribution in [2.45, 2.75) is 46.0 Å². The lowest BCUT2D eigenvalue weighted by atomic mass is 10.0. The van der Waals surface area contributed by atoms with Crippen LogP contribution < -0.4 is 0 Å². The standard InChI is InChI=1S/C15H20S/c1-4-5-6-14-10-13-9-12(11(2)3)7-8-15(13)16-14/h7-11H,4-6H2,1-3H3. The molecule has 16 heavy (non-hydrogen) atoms. The topological polar surface area (TPSA) is 0 Å². The van der Waals surface area contributed by atoms with E-state index in [1.165, 1.54) is 39.8 Å². The number of fused-ring (bicyclic) bond motifs is 1. The first kappa shape index (κ1) is 11.7. The summed E-state index contributed by atoms with van der Waals surface area (Å²) in [6.45, 7) is 6.77. The highest BCUT2D eigenvalue weighted by molar-refractivity contribution is 7.19. The van der Waals surface area contributed by atoms with E-state index in [1.54, 1.807) is 0 Å². The normalized spacial score (nSPS) is 11.5. The third-order valence-corrected chi connectivity index (χ3v) is 4.21. The molecule has 0 unspecified atom stereocenters. The zero-order chi connectivity index (χ0) is 11.5. The second-order valence-corrected chi connectivity index (χ2v) is 5.94. The number of rotatable bonds is 4. The van der Waals surface area contributed by atoms with E-state index >= 15 is 0 Å². The van der Waals surface area contributed by atoms with Gasteiger partial charge >= 0.3 is 0 Å². The monoisotopic (exact) mass is 232 g/mol. The van der Waals surface area contributed by atoms with Crippen LogP contribution in [0, 0.1) is 0 Å². The quantitative estimate of drug-likeness (QED) is 0.665. The highest BCUT2D eigenvalue weighted by atomic mass is 32.1. The predicted molar refractivity (Wildman–Crippen MR) is 74.5 cm³/mol. The Kier molecular flexibility index (Phi) is 3.65. The van der Waals surface area contributed by atoms with Gasteiger partial charge in [0.25, 0.3) is 0 Å². The summed E-state index contributed by atoms with van der Waals surface area (Å²) in [6, 6.07) is 9.28. The van der Waals surface area contributed by atoms with Crippen LogP contribution in [-0.2, 0) is 6.42 Å². The summed E-state index contributed by atoms with van der Waals surface area (Å²) in [4.78, 5) is 1.54. The van der Waals surface area contributed by atoms with E-state index < -0.39 is 0 Å². The maximum absolute atomic E-state index is 2.38. The van der Waals surface area contributed by atoms with Gasteiger partial charge in [-0.15, -0.1) is 11.3 Å². The molecule has 0 N–H and O–H groups in total. The van der Waals surface area contributed by atoms with Crippen molar-refractivity contribution >= 4 is 21.4 Å². The Labute approximate surface area is 102 Å². The molecule has 0 radical (unpaired) electrons. The second kappa shape index (κ2) is 5.01. The van der Waals surface area contributed by atoms with Crippen molar-refractivity contribution in [3.8, 4) is 0 Å². The minimum Gasteiger partial charge on any atom is -0.140 e. The zero-order valence-corrected chi connectivity index (χ0v) is 11.2. The fourth-order valence-electron chi connectivity index (χ4n) is 1.95. The molecular formula is C15H20S. The Hall–Kier alpha value is -0.820. The minimum absolute atomic E-state index is 0.628. The lowest BCUT2D eigenvalue weighted by Gasteiger charge is -2.03. The second-order valence-electron chi connectivity index (χ2n) is 4.77. The van der Waals surface area contributed by atoms with Crippen LogP contribution in [0.3, 0.4) is 0 Å². The average molecular weight is 232 g/mol. The van der Waals surface area contributed by atoms with Crippen molar-refractivity contribution in [1.29, 1.82) is 0 Å². The predicted octanol–water partition coefficient (Wildman–Crippen LogP) is 5.37. The number of unbranched alkanes of at least 4 members (excludes halogenated alkanes) is 1. The van der Waals surface area contributed by atoms with Gasteiger partial charge < -0.3 is 0 Å². The van der Waals surface area contributed by atoms with Gasteiger partial charge in [0.05, 0.1) is 0 Å². The van der Waals surface area contributed by atoms with Crippen molar-refractivity contribution in [2.75, 3.05) is 0 Å². The highest BCUT2D eigenvalue weighted by Gasteiger charge is 2.04. The molecule has 1 aromatic heterocycles. The number of thiophene rings is 1. The number of aryl methyl sites for hydroxylation is 1. The SMILES string of the molecule is CCCCc1cc2cc(C(C)C)ccc2s1. The van der Waals surface area contributed by atoms with Gasteiger partial charge in [0.15, 0.2) is 0 Å². The van der Waals surface area contributed by atoms with Gasteiger partial charge in [-0.05, 0) is 41.8 Å². The summed E-state index contributed by atoms with van der Waals surface area (Å²) >= 11 is 1.96. The van der Waals surface area contributed by atoms with Gasteiger partial charge in [0, 0.05) is 9.58 Å². The largest absolute Gasteiger partial charge is 0.140 e. The van der Waals surface area contributed by atoms with Gasteiger partial charge in [-0.1, -0.05) is 39.3 Å². The lowest BCUT2D eigenvalue weighted by Crippen LogP contribution is -1.84. The van der Waals surface area contributed by atoms with E-state index in [0.29, 0.717) is 5.92 Å². The smallest absolute Gasteiger partial charge is 0.0345 e. The van der Waals surface area contributed by atoms with Gasteiger partial charge in [-0.3, -0.25) is 0 Å². The highest BCUT2D eigenvalue weighted by Crippen LogP contribution is 2.29. The molecule has 0 nitrogen and oxygen atoms in total. The molecule has 0 amide bonds. The molecule has 0 saturated carbocycles. The molecule has 0 spiro atoms. The number of hydrogen-bond acceptors (Lipinski definition) is 1. The molecule has 0 atom stereocenters. The van der Waals surface area contributed by atoms with Crippen molar-refractivity contribution in [1.82, 2.24) is 0 Å². The Balaban J connectivity index is 2.30. The summed E-state index contributed by atoms with van der Waals surface area (Å²) in [5.74, 6) is 0.628. The molecular weight excluding hydrogens is 212 g/mol. The molecule has 1 heteroatoms. The van der Waals surface area contributed by atoms with Crippen molar-refractivity contribution in [3.05, 3.63) is 34.7 Å². The maximum atomic E-state index is 2.38. The molecule has 2 aromatic rings. The first-order valence-corrected chi connectivity index (χ1v) is 7.04. The van der Waals surface area contributed by atoms with Crippen LogP contribution in [0.2, 0.25) is 0 Å². The van der Waals surface area contributed by atoms with Gasteiger partial charge in [0.1, 0.15) is 0 Å². The van der Waals surface area contributed by atoms with Crippen LogP contribution in [0.15, 0.2) is 24.3 Å². The van der Waals surface area contributed by atoms with E-state index in [-0.39, 0.29) is 0 Å². The molecule has 0 bridgehead atoms. The van der Waals surface area contributed by atoms with Crippen LogP contribution in [0.1, 0.15) is 50.0 Å². The Bertz CT molecular complexity index is 465. The average Bonchev–Trinajstić information content (AvgIpc) is 2.67. The summed E-state index contributed by atoms with van der Waals surface area (Å²) in [5.41, 5.74) is 1.45. The van der Waals surface area contributed by atoms with Crippen LogP contribution in [0.4, 0.5) is 0 Å². The third-order valence-electron chi connectivity index (χ3n) is 3.03. The zero-order valence-electron chi connectivity index (χ0n) is 10.4. The van der Waals surface area contributed by atoms with Gasteiger partial charge in [0.2, 0.25) is 0 Å². The Morgan fingerprint density at radius 2 is 2.00 bits per heavy atom. The van der Waals surface area contributed by atoms with Crippen LogP contribution in [0.25, 0.3) is 10.1 Å². The molecule has 1 heterocycles. The van der Waals surface area contributed by atoms with E-state index in [1.807, 2.05) is 11.3 Å². The van der Waals surface area contributed by atoms with E-state index in [4.69, 9.17) is 0 Å². The van der Waals surface area contributed by atoms with Crippen molar-refractivity contribution in [3.63, 3.8) is 0 Å². The number of benzene rings is 1. The first-order valence-electron chi connectivity index (χ1n) is 6.23. The summed E-state index contributed by atoms with van der Waals surface area (Å²) in [7, 11) is 0. The Morgan fingerprint density at radius 1 is 1.19 bits per heavy atom. The molecule has 0 aliphatic heterocycles. The number of hydrogen-bond donors (Lipinski definition) is 0. The van der Waals surface area contributed by atoms with Crippen LogP contribution in [-0.4, -0.2) is 0 Å². The van der Waals surface area contributed by atoms with Gasteiger partial charge in [-0.2, -0.15) is 0 Å². The molecule has 1 aromatic carbocycles. The molecule has 2 rings (SSSR count). The molecule has 0 aliphatic rings. The van der Waals surface area contributed by atoms with Crippen molar-refractivity contribution < 1.29 is 0 Å². The van der Waals surface area contributed by atoms with Gasteiger partial charge in [-0.25, -0.2) is 0 Å². The fourth-order valence-corrected chi connectivity index (χ4v) is 3.04.